The van der Waals surface area contributed by atoms with E-state index in [1.807, 2.05) is 6.07 Å². The predicted molar refractivity (Wildman–Crippen MR) is 94.1 cm³/mol. The zero-order chi connectivity index (χ0) is 18.4. The third-order valence-electron chi connectivity index (χ3n) is 3.79. The summed E-state index contributed by atoms with van der Waals surface area (Å²) in [6.07, 6.45) is 1.55. The van der Waals surface area contributed by atoms with Gasteiger partial charge in [-0.3, -0.25) is 9.78 Å². The Bertz CT molecular complexity index is 951. The van der Waals surface area contributed by atoms with Crippen LogP contribution in [0.3, 0.4) is 0 Å². The number of rotatable bonds is 6. The van der Waals surface area contributed by atoms with Gasteiger partial charge in [0.25, 0.3) is 0 Å². The Labute approximate surface area is 150 Å². The molecule has 0 fully saturated rings. The van der Waals surface area contributed by atoms with Crippen molar-refractivity contribution in [3.05, 3.63) is 95.6 Å². The normalized spacial score (nSPS) is 11.4. The number of Topliss-reactive ketones (excluding diaryl/α,β-unsaturated/α-hetero) is 1. The van der Waals surface area contributed by atoms with Gasteiger partial charge in [-0.1, -0.05) is 30.3 Å². The minimum atomic E-state index is -0.962. The molecular weight excluding hydrogens is 331 g/mol. The Balaban J connectivity index is 1.76. The number of carbonyl (C=O) groups is 1. The van der Waals surface area contributed by atoms with Crippen LogP contribution in [0.1, 0.15) is 27.5 Å². The quantitative estimate of drug-likeness (QED) is 0.625. The van der Waals surface area contributed by atoms with E-state index in [1.165, 1.54) is 12.1 Å². The van der Waals surface area contributed by atoms with Crippen molar-refractivity contribution in [1.82, 2.24) is 4.98 Å². The number of nitrogens with zero attached hydrogens (tertiary/aromatic N) is 2. The molecule has 128 valence electrons. The topological polar surface area (TPSA) is 63.0 Å². The van der Waals surface area contributed by atoms with Crippen LogP contribution in [0.2, 0.25) is 0 Å². The van der Waals surface area contributed by atoms with E-state index in [9.17, 15) is 14.4 Å². The van der Waals surface area contributed by atoms with Crippen LogP contribution in [-0.4, -0.2) is 10.8 Å². The first-order valence-electron chi connectivity index (χ1n) is 7.99. The molecule has 1 unspecified atom stereocenters. The molecule has 4 nitrogen and oxygen atoms in total. The standard InChI is InChI=1S/C21H15FN2O2/c22-17-7-4-8-18(12-17)26-14-15-5-3-6-16(11-15)21(25)19(13-23)20-9-1-2-10-24-20/h1-12,19H,14H2. The summed E-state index contributed by atoms with van der Waals surface area (Å²) in [4.78, 5) is 16.8. The van der Waals surface area contributed by atoms with Gasteiger partial charge in [0.15, 0.2) is 11.7 Å². The molecule has 1 heterocycles. The van der Waals surface area contributed by atoms with Crippen LogP contribution in [0.15, 0.2) is 72.9 Å². The van der Waals surface area contributed by atoms with Gasteiger partial charge >= 0.3 is 0 Å². The third-order valence-corrected chi connectivity index (χ3v) is 3.79. The van der Waals surface area contributed by atoms with E-state index in [4.69, 9.17) is 4.74 Å². The van der Waals surface area contributed by atoms with Crippen molar-refractivity contribution in [1.29, 1.82) is 5.26 Å². The number of ketones is 1. The predicted octanol–water partition coefficient (Wildman–Crippen LogP) is 4.29. The summed E-state index contributed by atoms with van der Waals surface area (Å²) >= 11 is 0. The lowest BCUT2D eigenvalue weighted by atomic mass is 9.94. The van der Waals surface area contributed by atoms with E-state index in [0.29, 0.717) is 17.0 Å². The Kier molecular flexibility index (Phi) is 5.35. The molecule has 0 bridgehead atoms. The van der Waals surface area contributed by atoms with Crippen molar-refractivity contribution in [2.45, 2.75) is 12.5 Å². The minimum Gasteiger partial charge on any atom is -0.489 e. The second kappa shape index (κ2) is 8.04. The summed E-state index contributed by atoms with van der Waals surface area (Å²) in [5.41, 5.74) is 1.57. The van der Waals surface area contributed by atoms with Crippen LogP contribution in [-0.2, 0) is 6.61 Å². The van der Waals surface area contributed by atoms with Crippen LogP contribution < -0.4 is 4.74 Å². The molecule has 0 aliphatic carbocycles. The highest BCUT2D eigenvalue weighted by atomic mass is 19.1. The highest BCUT2D eigenvalue weighted by Gasteiger charge is 2.23. The van der Waals surface area contributed by atoms with Gasteiger partial charge in [0.1, 0.15) is 18.2 Å². The van der Waals surface area contributed by atoms with Crippen molar-refractivity contribution < 1.29 is 13.9 Å². The fourth-order valence-corrected chi connectivity index (χ4v) is 2.51. The number of benzene rings is 2. The van der Waals surface area contributed by atoms with E-state index < -0.39 is 5.92 Å². The molecule has 0 amide bonds. The van der Waals surface area contributed by atoms with E-state index in [2.05, 4.69) is 4.98 Å². The van der Waals surface area contributed by atoms with Gasteiger partial charge in [-0.15, -0.1) is 0 Å². The highest BCUT2D eigenvalue weighted by molar-refractivity contribution is 6.02. The van der Waals surface area contributed by atoms with Gasteiger partial charge in [0.05, 0.1) is 11.8 Å². The maximum atomic E-state index is 13.2. The molecule has 0 aliphatic rings. The third kappa shape index (κ3) is 4.11. The molecule has 0 aliphatic heterocycles. The number of ether oxygens (including phenoxy) is 1. The van der Waals surface area contributed by atoms with Gasteiger partial charge in [0.2, 0.25) is 0 Å². The number of aromatic nitrogens is 1. The molecule has 26 heavy (non-hydrogen) atoms. The first-order chi connectivity index (χ1) is 12.7. The van der Waals surface area contributed by atoms with Crippen molar-refractivity contribution in [2.24, 2.45) is 0 Å². The Hall–Kier alpha value is -3.52. The molecule has 3 rings (SSSR count). The van der Waals surface area contributed by atoms with E-state index >= 15 is 0 Å². The molecule has 2 aromatic carbocycles. The molecule has 0 radical (unpaired) electrons. The number of halogens is 1. The minimum absolute atomic E-state index is 0.186. The second-order valence-corrected chi connectivity index (χ2v) is 5.63. The zero-order valence-electron chi connectivity index (χ0n) is 13.8. The Morgan fingerprint density at radius 1 is 1.12 bits per heavy atom. The summed E-state index contributed by atoms with van der Waals surface area (Å²) in [7, 11) is 0. The number of pyridine rings is 1. The average molecular weight is 346 g/mol. The van der Waals surface area contributed by atoms with Gasteiger partial charge in [-0.05, 0) is 35.9 Å². The molecule has 3 aromatic rings. The van der Waals surface area contributed by atoms with Gasteiger partial charge in [-0.2, -0.15) is 5.26 Å². The van der Waals surface area contributed by atoms with Crippen LogP contribution in [0.4, 0.5) is 4.39 Å². The summed E-state index contributed by atoms with van der Waals surface area (Å²) < 4.78 is 18.7. The first-order valence-corrected chi connectivity index (χ1v) is 7.99. The molecule has 1 atom stereocenters. The number of hydrogen-bond acceptors (Lipinski definition) is 4. The molecular formula is C21H15FN2O2. The molecule has 5 heteroatoms. The van der Waals surface area contributed by atoms with Gasteiger partial charge in [0, 0.05) is 17.8 Å². The second-order valence-electron chi connectivity index (χ2n) is 5.63. The van der Waals surface area contributed by atoms with E-state index in [0.717, 1.165) is 5.56 Å². The summed E-state index contributed by atoms with van der Waals surface area (Å²) in [6, 6.07) is 19.9. The molecule has 0 spiro atoms. The fourth-order valence-electron chi connectivity index (χ4n) is 2.51. The van der Waals surface area contributed by atoms with E-state index in [1.54, 1.807) is 60.8 Å². The lowest BCUT2D eigenvalue weighted by Crippen LogP contribution is -2.13. The largest absolute Gasteiger partial charge is 0.489 e. The monoisotopic (exact) mass is 346 g/mol. The number of nitriles is 1. The SMILES string of the molecule is N#CC(C(=O)c1cccc(COc2cccc(F)c2)c1)c1ccccn1. The van der Waals surface area contributed by atoms with Crippen LogP contribution in [0.5, 0.6) is 5.75 Å². The van der Waals surface area contributed by atoms with Crippen molar-refractivity contribution in [3.8, 4) is 11.8 Å². The molecule has 1 aromatic heterocycles. The molecule has 0 saturated carbocycles. The smallest absolute Gasteiger partial charge is 0.186 e. The number of hydrogen-bond donors (Lipinski definition) is 0. The summed E-state index contributed by atoms with van der Waals surface area (Å²) in [6.45, 7) is 0.186. The summed E-state index contributed by atoms with van der Waals surface area (Å²) in [5, 5.41) is 9.39. The van der Waals surface area contributed by atoms with E-state index in [-0.39, 0.29) is 18.2 Å². The first kappa shape index (κ1) is 17.3. The Morgan fingerprint density at radius 3 is 2.69 bits per heavy atom. The van der Waals surface area contributed by atoms with Crippen molar-refractivity contribution >= 4 is 5.78 Å². The maximum Gasteiger partial charge on any atom is 0.186 e. The number of carbonyl (C=O) groups excluding carboxylic acids is 1. The lowest BCUT2D eigenvalue weighted by Gasteiger charge is -2.10. The molecule has 0 N–H and O–H groups in total. The van der Waals surface area contributed by atoms with Crippen molar-refractivity contribution in [3.63, 3.8) is 0 Å². The molecule has 0 saturated heterocycles. The van der Waals surface area contributed by atoms with Crippen molar-refractivity contribution in [2.75, 3.05) is 0 Å². The Morgan fingerprint density at radius 2 is 1.96 bits per heavy atom. The zero-order valence-corrected chi connectivity index (χ0v) is 13.8. The maximum absolute atomic E-state index is 13.2. The average Bonchev–Trinajstić information content (AvgIpc) is 2.68. The summed E-state index contributed by atoms with van der Waals surface area (Å²) in [5.74, 6) is -1.25. The van der Waals surface area contributed by atoms with Crippen LogP contribution in [0, 0.1) is 17.1 Å². The fraction of sp³-hybridized carbons (Fsp3) is 0.0952. The highest BCUT2D eigenvalue weighted by Crippen LogP contribution is 2.20. The van der Waals surface area contributed by atoms with Gasteiger partial charge in [-0.25, -0.2) is 4.39 Å². The van der Waals surface area contributed by atoms with Gasteiger partial charge < -0.3 is 4.74 Å². The van der Waals surface area contributed by atoms with Crippen LogP contribution >= 0.6 is 0 Å². The van der Waals surface area contributed by atoms with Crippen LogP contribution in [0.25, 0.3) is 0 Å². The lowest BCUT2D eigenvalue weighted by molar-refractivity contribution is 0.0977.